The molecule has 1 atom stereocenters. The van der Waals surface area contributed by atoms with Crippen LogP contribution in [0.5, 0.6) is 0 Å². The van der Waals surface area contributed by atoms with Gasteiger partial charge in [-0.15, -0.1) is 0 Å². The lowest BCUT2D eigenvalue weighted by atomic mass is 10.1. The second kappa shape index (κ2) is 5.53. The zero-order chi connectivity index (χ0) is 13.0. The Hall–Kier alpha value is -2.04. The first-order valence-corrected chi connectivity index (χ1v) is 5.90. The summed E-state index contributed by atoms with van der Waals surface area (Å²) in [6, 6.07) is 8.71. The third-order valence-corrected chi connectivity index (χ3v) is 2.93. The van der Waals surface area contributed by atoms with E-state index in [-0.39, 0.29) is 12.6 Å². The van der Waals surface area contributed by atoms with E-state index in [9.17, 15) is 9.59 Å². The molecule has 1 N–H and O–H groups in total. The molecule has 1 amide bonds. The molecule has 1 aromatic rings. The van der Waals surface area contributed by atoms with Gasteiger partial charge in [0.25, 0.3) is 0 Å². The summed E-state index contributed by atoms with van der Waals surface area (Å²) in [6.07, 6.45) is 0.125. The summed E-state index contributed by atoms with van der Waals surface area (Å²) in [5.41, 5.74) is 0.491. The summed E-state index contributed by atoms with van der Waals surface area (Å²) in [4.78, 5) is 23.9. The first-order valence-electron chi connectivity index (χ1n) is 5.90. The SMILES string of the molecule is O=C(OC1CCCN(C(=O)O)C1)c1ccccc1. The van der Waals surface area contributed by atoms with Gasteiger partial charge in [0.1, 0.15) is 6.10 Å². The second-order valence-electron chi connectivity index (χ2n) is 4.26. The number of hydrogen-bond donors (Lipinski definition) is 1. The predicted octanol–water partition coefficient (Wildman–Crippen LogP) is 1.99. The van der Waals surface area contributed by atoms with E-state index in [1.165, 1.54) is 4.90 Å². The molecule has 2 rings (SSSR count). The maximum atomic E-state index is 11.8. The molecule has 1 aliphatic heterocycles. The molecule has 18 heavy (non-hydrogen) atoms. The number of likely N-dealkylation sites (tertiary alicyclic amines) is 1. The monoisotopic (exact) mass is 249 g/mol. The number of hydrogen-bond acceptors (Lipinski definition) is 3. The highest BCUT2D eigenvalue weighted by Gasteiger charge is 2.26. The van der Waals surface area contributed by atoms with Crippen molar-refractivity contribution in [3.8, 4) is 0 Å². The van der Waals surface area contributed by atoms with Crippen LogP contribution in [0.1, 0.15) is 23.2 Å². The first-order chi connectivity index (χ1) is 8.66. The van der Waals surface area contributed by atoms with Crippen molar-refractivity contribution >= 4 is 12.1 Å². The molecule has 5 nitrogen and oxygen atoms in total. The van der Waals surface area contributed by atoms with Crippen LogP contribution in [0.3, 0.4) is 0 Å². The molecule has 1 saturated heterocycles. The maximum Gasteiger partial charge on any atom is 0.407 e. The number of piperidine rings is 1. The van der Waals surface area contributed by atoms with Gasteiger partial charge in [-0.2, -0.15) is 0 Å². The predicted molar refractivity (Wildman–Crippen MR) is 64.5 cm³/mol. The van der Waals surface area contributed by atoms with Crippen molar-refractivity contribution in [3.63, 3.8) is 0 Å². The lowest BCUT2D eigenvalue weighted by Gasteiger charge is -2.30. The fraction of sp³-hybridized carbons (Fsp3) is 0.385. The lowest BCUT2D eigenvalue weighted by molar-refractivity contribution is 0.00841. The Kier molecular flexibility index (Phi) is 3.82. The Morgan fingerprint density at radius 3 is 2.67 bits per heavy atom. The standard InChI is InChI=1S/C13H15NO4/c15-12(10-5-2-1-3-6-10)18-11-7-4-8-14(9-11)13(16)17/h1-3,5-6,11H,4,7-9H2,(H,16,17). The smallest absolute Gasteiger partial charge is 0.407 e. The van der Waals surface area contributed by atoms with E-state index >= 15 is 0 Å². The molecule has 1 aliphatic rings. The number of carbonyl (C=O) groups is 2. The molecule has 5 heteroatoms. The van der Waals surface area contributed by atoms with Crippen LogP contribution in [0, 0.1) is 0 Å². The van der Waals surface area contributed by atoms with Crippen LogP contribution in [0.4, 0.5) is 4.79 Å². The van der Waals surface area contributed by atoms with Gasteiger partial charge in [0.2, 0.25) is 0 Å². The number of rotatable bonds is 2. The van der Waals surface area contributed by atoms with Gasteiger partial charge in [-0.25, -0.2) is 9.59 Å². The summed E-state index contributed by atoms with van der Waals surface area (Å²) in [5, 5.41) is 8.89. The molecule has 0 spiro atoms. The van der Waals surface area contributed by atoms with Crippen molar-refractivity contribution in [1.82, 2.24) is 4.90 Å². The minimum absolute atomic E-state index is 0.258. The van der Waals surface area contributed by atoms with E-state index in [1.807, 2.05) is 6.07 Å². The molecule has 1 fully saturated rings. The van der Waals surface area contributed by atoms with Crippen LogP contribution in [-0.2, 0) is 4.74 Å². The minimum Gasteiger partial charge on any atom is -0.465 e. The van der Waals surface area contributed by atoms with Crippen LogP contribution in [0.25, 0.3) is 0 Å². The molecule has 0 bridgehead atoms. The molecule has 0 aliphatic carbocycles. The van der Waals surface area contributed by atoms with Gasteiger partial charge >= 0.3 is 12.1 Å². The van der Waals surface area contributed by atoms with E-state index in [4.69, 9.17) is 9.84 Å². The average molecular weight is 249 g/mol. The van der Waals surface area contributed by atoms with E-state index in [2.05, 4.69) is 0 Å². The number of nitrogens with zero attached hydrogens (tertiary/aromatic N) is 1. The molecular formula is C13H15NO4. The molecule has 0 saturated carbocycles. The molecule has 96 valence electrons. The largest absolute Gasteiger partial charge is 0.465 e. The van der Waals surface area contributed by atoms with E-state index in [0.717, 1.165) is 6.42 Å². The highest BCUT2D eigenvalue weighted by molar-refractivity contribution is 5.89. The number of benzene rings is 1. The van der Waals surface area contributed by atoms with Crippen LogP contribution < -0.4 is 0 Å². The van der Waals surface area contributed by atoms with Gasteiger partial charge in [-0.05, 0) is 25.0 Å². The molecule has 0 aromatic heterocycles. The van der Waals surface area contributed by atoms with Gasteiger partial charge in [-0.3, -0.25) is 0 Å². The van der Waals surface area contributed by atoms with Crippen LogP contribution >= 0.6 is 0 Å². The second-order valence-corrected chi connectivity index (χ2v) is 4.26. The average Bonchev–Trinajstić information content (AvgIpc) is 2.40. The Balaban J connectivity index is 1.93. The van der Waals surface area contributed by atoms with Gasteiger partial charge in [0, 0.05) is 6.54 Å². The Bertz CT molecular complexity index is 432. The maximum absolute atomic E-state index is 11.8. The Morgan fingerprint density at radius 2 is 2.00 bits per heavy atom. The van der Waals surface area contributed by atoms with Crippen molar-refractivity contribution in [1.29, 1.82) is 0 Å². The van der Waals surface area contributed by atoms with E-state index in [1.54, 1.807) is 24.3 Å². The van der Waals surface area contributed by atoms with Crippen LogP contribution in [-0.4, -0.2) is 41.3 Å². The molecule has 0 radical (unpaired) electrons. The van der Waals surface area contributed by atoms with E-state index in [0.29, 0.717) is 18.5 Å². The lowest BCUT2D eigenvalue weighted by Crippen LogP contribution is -2.43. The molecule has 1 heterocycles. The molecule has 1 aromatic carbocycles. The number of carboxylic acid groups (broad SMARTS) is 1. The summed E-state index contributed by atoms with van der Waals surface area (Å²) in [7, 11) is 0. The minimum atomic E-state index is -0.963. The number of ether oxygens (including phenoxy) is 1. The van der Waals surface area contributed by atoms with Crippen molar-refractivity contribution in [2.24, 2.45) is 0 Å². The summed E-state index contributed by atoms with van der Waals surface area (Å²) >= 11 is 0. The van der Waals surface area contributed by atoms with Crippen molar-refractivity contribution in [3.05, 3.63) is 35.9 Å². The number of esters is 1. The Labute approximate surface area is 105 Å². The van der Waals surface area contributed by atoms with Crippen molar-refractivity contribution < 1.29 is 19.4 Å². The quantitative estimate of drug-likeness (QED) is 0.814. The van der Waals surface area contributed by atoms with Gasteiger partial charge < -0.3 is 14.7 Å². The van der Waals surface area contributed by atoms with Gasteiger partial charge in [-0.1, -0.05) is 18.2 Å². The number of carbonyl (C=O) groups excluding carboxylic acids is 1. The normalized spacial score (nSPS) is 19.3. The van der Waals surface area contributed by atoms with Crippen LogP contribution in [0.15, 0.2) is 30.3 Å². The first kappa shape index (κ1) is 12.4. The summed E-state index contributed by atoms with van der Waals surface area (Å²) < 4.78 is 5.31. The molecule has 1 unspecified atom stereocenters. The highest BCUT2D eigenvalue weighted by atomic mass is 16.5. The van der Waals surface area contributed by atoms with Crippen molar-refractivity contribution in [2.75, 3.05) is 13.1 Å². The van der Waals surface area contributed by atoms with Gasteiger partial charge in [0.05, 0.1) is 12.1 Å². The summed E-state index contributed by atoms with van der Waals surface area (Å²) in [5.74, 6) is -0.396. The number of amides is 1. The topological polar surface area (TPSA) is 66.8 Å². The Morgan fingerprint density at radius 1 is 1.28 bits per heavy atom. The fourth-order valence-corrected chi connectivity index (χ4v) is 2.00. The molecular weight excluding hydrogens is 234 g/mol. The fourth-order valence-electron chi connectivity index (χ4n) is 2.00. The van der Waals surface area contributed by atoms with E-state index < -0.39 is 12.1 Å². The van der Waals surface area contributed by atoms with Gasteiger partial charge in [0.15, 0.2) is 0 Å². The third kappa shape index (κ3) is 3.00. The third-order valence-electron chi connectivity index (χ3n) is 2.93. The zero-order valence-corrected chi connectivity index (χ0v) is 9.91. The van der Waals surface area contributed by atoms with Crippen molar-refractivity contribution in [2.45, 2.75) is 18.9 Å². The summed E-state index contributed by atoms with van der Waals surface area (Å²) in [6.45, 7) is 0.766. The zero-order valence-electron chi connectivity index (χ0n) is 9.91. The highest BCUT2D eigenvalue weighted by Crippen LogP contribution is 2.15. The van der Waals surface area contributed by atoms with Crippen LogP contribution in [0.2, 0.25) is 0 Å².